The number of carbonyl (C=O) groups excluding carboxylic acids is 7. The van der Waals surface area contributed by atoms with Gasteiger partial charge in [-0.15, -0.1) is 21.5 Å². The third kappa shape index (κ3) is 19.9. The normalized spacial score (nSPS) is 12.5. The number of nitrogens with two attached hydrogens (primary N) is 1. The number of amides is 8. The van der Waals surface area contributed by atoms with Gasteiger partial charge < -0.3 is 66.5 Å². The summed E-state index contributed by atoms with van der Waals surface area (Å²) in [4.78, 5) is 113. The molecule has 4 heterocycles. The molecule has 0 spiro atoms. The molecule has 0 bridgehead atoms. The SMILES string of the molecule is Cc1cc(N(CCCO)c2nc(C(=O)O)c(CCCOc3ccc(C#CCN(C)C(=O)OCc4ccc(NC(=O)[C@H](CCCNC(N)=O)NC(=O)[C@@H](NC(=O)CCOCCN5C(=O)C=CC5=O)C(C)C)cc4)cc3F)s2)nnc1Nc1nc2ccccc2s1. The number of aromatic carboxylic acids is 1. The first-order valence-electron chi connectivity index (χ1n) is 28.3. The van der Waals surface area contributed by atoms with E-state index in [4.69, 9.17) is 19.9 Å². The Morgan fingerprint density at radius 2 is 1.65 bits per heavy atom. The molecule has 26 nitrogen and oxygen atoms in total. The van der Waals surface area contributed by atoms with Crippen molar-refractivity contribution in [2.45, 2.75) is 78.0 Å². The molecule has 89 heavy (non-hydrogen) atoms. The molecule has 0 aliphatic carbocycles. The molecule has 8 amide bonds. The Hall–Kier alpha value is -9.63. The first kappa shape index (κ1) is 66.9. The summed E-state index contributed by atoms with van der Waals surface area (Å²) in [6.45, 7) is 5.40. The first-order chi connectivity index (χ1) is 42.8. The Labute approximate surface area is 519 Å². The van der Waals surface area contributed by atoms with Gasteiger partial charge in [0.15, 0.2) is 39.2 Å². The molecular weight excluding hydrogens is 1190 g/mol. The molecular formula is C60H68FN13O13S2. The number of hydrogen-bond donors (Lipinski definition) is 8. The Bertz CT molecular complexity index is 3560. The van der Waals surface area contributed by atoms with Gasteiger partial charge in [0.1, 0.15) is 18.7 Å². The topological polar surface area (TPSA) is 352 Å². The van der Waals surface area contributed by atoms with Crippen LogP contribution in [0.3, 0.4) is 0 Å². The summed E-state index contributed by atoms with van der Waals surface area (Å²) in [7, 11) is 1.48. The van der Waals surface area contributed by atoms with Crippen molar-refractivity contribution in [2.75, 3.05) is 75.2 Å². The van der Waals surface area contributed by atoms with E-state index in [2.05, 4.69) is 58.6 Å². The zero-order chi connectivity index (χ0) is 64.0. The highest BCUT2D eigenvalue weighted by Crippen LogP contribution is 2.34. The van der Waals surface area contributed by atoms with E-state index in [0.717, 1.165) is 32.8 Å². The third-order valence-electron chi connectivity index (χ3n) is 13.3. The van der Waals surface area contributed by atoms with Crippen LogP contribution in [0.15, 0.2) is 84.9 Å². The summed E-state index contributed by atoms with van der Waals surface area (Å²) >= 11 is 2.65. The number of imide groups is 1. The van der Waals surface area contributed by atoms with Crippen molar-refractivity contribution in [3.8, 4) is 17.6 Å². The van der Waals surface area contributed by atoms with Crippen LogP contribution in [0.25, 0.3) is 10.2 Å². The molecule has 470 valence electrons. The zero-order valence-electron chi connectivity index (χ0n) is 49.2. The minimum atomic E-state index is -1.22. The quantitative estimate of drug-likeness (QED) is 0.0138. The summed E-state index contributed by atoms with van der Waals surface area (Å²) in [6.07, 6.45) is 2.76. The van der Waals surface area contributed by atoms with Gasteiger partial charge in [0.05, 0.1) is 43.1 Å². The highest BCUT2D eigenvalue weighted by atomic mass is 32.1. The van der Waals surface area contributed by atoms with Gasteiger partial charge in [-0.1, -0.05) is 61.3 Å². The van der Waals surface area contributed by atoms with Crippen LogP contribution in [-0.4, -0.2) is 160 Å². The summed E-state index contributed by atoms with van der Waals surface area (Å²) in [5, 5.41) is 43.5. The van der Waals surface area contributed by atoms with Gasteiger partial charge in [0.2, 0.25) is 17.7 Å². The van der Waals surface area contributed by atoms with E-state index in [1.165, 1.54) is 46.8 Å². The molecule has 3 aromatic carbocycles. The van der Waals surface area contributed by atoms with Gasteiger partial charge >= 0.3 is 18.1 Å². The third-order valence-corrected chi connectivity index (χ3v) is 15.4. The number of urea groups is 1. The van der Waals surface area contributed by atoms with Crippen LogP contribution in [-0.2, 0) is 46.5 Å². The molecule has 0 saturated carbocycles. The van der Waals surface area contributed by atoms with E-state index in [-0.39, 0.29) is 96.3 Å². The number of para-hydroxylation sites is 1. The van der Waals surface area contributed by atoms with E-state index >= 15 is 4.39 Å². The number of rotatable bonds is 32. The van der Waals surface area contributed by atoms with Crippen LogP contribution in [0.4, 0.5) is 41.6 Å². The highest BCUT2D eigenvalue weighted by Gasteiger charge is 2.30. The van der Waals surface area contributed by atoms with Crippen molar-refractivity contribution in [1.82, 2.24) is 45.9 Å². The Kier molecular flexibility index (Phi) is 24.7. The van der Waals surface area contributed by atoms with Gasteiger partial charge in [-0.05, 0) is 105 Å². The average Bonchev–Trinajstić information content (AvgIpc) is 2.98. The maximum atomic E-state index is 15.2. The lowest BCUT2D eigenvalue weighted by atomic mass is 10.0. The van der Waals surface area contributed by atoms with Gasteiger partial charge in [0.25, 0.3) is 11.8 Å². The zero-order valence-corrected chi connectivity index (χ0v) is 50.8. The molecule has 2 atom stereocenters. The van der Waals surface area contributed by atoms with Crippen molar-refractivity contribution in [1.29, 1.82) is 0 Å². The Morgan fingerprint density at radius 3 is 2.35 bits per heavy atom. The van der Waals surface area contributed by atoms with E-state index in [0.29, 0.717) is 56.4 Å². The number of anilines is 5. The number of nitrogens with zero attached hydrogens (tertiary/aromatic N) is 7. The van der Waals surface area contributed by atoms with E-state index in [9.17, 15) is 48.6 Å². The van der Waals surface area contributed by atoms with E-state index in [1.54, 1.807) is 55.1 Å². The summed E-state index contributed by atoms with van der Waals surface area (Å²) in [6, 6.07) is 17.2. The predicted octanol–water partition coefficient (Wildman–Crippen LogP) is 5.93. The Morgan fingerprint density at radius 1 is 0.888 bits per heavy atom. The number of ether oxygens (including phenoxy) is 3. The number of thiazole rings is 2. The number of nitrogens with one attached hydrogen (secondary N) is 5. The second-order valence-electron chi connectivity index (χ2n) is 20.5. The largest absolute Gasteiger partial charge is 0.491 e. The molecule has 0 saturated heterocycles. The lowest BCUT2D eigenvalue weighted by Crippen LogP contribution is -2.54. The number of aryl methyl sites for hydroxylation is 2. The fraction of sp³-hybridized carbons (Fsp3) is 0.367. The standard InChI is InChI=1S/C60H68FN13O13S2/c1-36(2)51(67-48(76)24-31-85-32-28-74-49(77)22-23-50(74)78)55(80)65-43(13-7-25-63-57(62)83)54(79)64-40-19-16-39(17-20-40)35-87-60(84)72(4)26-8-11-38-18-21-44(41(61)34-38)86-30-9-15-46-52(56(81)82)68-59(89-46)73(27-10-29-75)47-33-37(3)53(71-70-47)69-58-66-42-12-5-6-14-45(42)88-58/h5-6,12,14,16-23,33-34,36,43,51,75H,7,9-10,13,15,24-32,35H2,1-4H3,(H,64,79)(H,65,80)(H,67,76)(H,81,82)(H3,62,63,83)(H,66,69,71)/t43-,51-/m0/s1. The van der Waals surface area contributed by atoms with Gasteiger partial charge in [0, 0.05) is 61.4 Å². The van der Waals surface area contributed by atoms with Crippen molar-refractivity contribution in [2.24, 2.45) is 11.7 Å². The number of aliphatic hydroxyl groups excluding tert-OH is 1. The molecule has 3 aromatic heterocycles. The lowest BCUT2D eigenvalue weighted by molar-refractivity contribution is -0.138. The molecule has 29 heteroatoms. The smallest absolute Gasteiger partial charge is 0.410 e. The van der Waals surface area contributed by atoms with Crippen molar-refractivity contribution in [3.63, 3.8) is 0 Å². The Balaban J connectivity index is 0.843. The van der Waals surface area contributed by atoms with Crippen LogP contribution in [0.5, 0.6) is 5.75 Å². The number of carboxylic acids is 1. The fourth-order valence-electron chi connectivity index (χ4n) is 8.59. The average molecular weight is 1260 g/mol. The fourth-order valence-corrected chi connectivity index (χ4v) is 10.6. The summed E-state index contributed by atoms with van der Waals surface area (Å²) in [5.74, 6) is 1.60. The van der Waals surface area contributed by atoms with Gasteiger partial charge in [-0.3, -0.25) is 28.9 Å². The maximum absolute atomic E-state index is 15.2. The molecule has 1 aliphatic rings. The molecule has 0 fully saturated rings. The number of halogens is 1. The second kappa shape index (κ2) is 32.9. The molecule has 6 aromatic rings. The minimum Gasteiger partial charge on any atom is -0.491 e. The van der Waals surface area contributed by atoms with Crippen LogP contribution in [0, 0.1) is 30.5 Å². The molecule has 9 N–H and O–H groups in total. The first-order valence-corrected chi connectivity index (χ1v) is 29.9. The molecule has 0 radical (unpaired) electrons. The number of aliphatic hydroxyl groups is 1. The number of primary amides is 1. The summed E-state index contributed by atoms with van der Waals surface area (Å²) in [5.41, 5.74) is 7.91. The number of hydrogen-bond acceptors (Lipinski definition) is 20. The predicted molar refractivity (Wildman–Crippen MR) is 329 cm³/mol. The van der Waals surface area contributed by atoms with Crippen molar-refractivity contribution >= 4 is 108 Å². The van der Waals surface area contributed by atoms with Crippen molar-refractivity contribution < 1.29 is 67.2 Å². The van der Waals surface area contributed by atoms with Crippen molar-refractivity contribution in [3.05, 3.63) is 118 Å². The number of fused-ring (bicyclic) bond motifs is 1. The minimum absolute atomic E-state index is 0.0129. The van der Waals surface area contributed by atoms with Crippen LogP contribution >= 0.6 is 22.7 Å². The van der Waals surface area contributed by atoms with Gasteiger partial charge in [-0.2, -0.15) is 0 Å². The van der Waals surface area contributed by atoms with Crippen LogP contribution in [0.2, 0.25) is 0 Å². The van der Waals surface area contributed by atoms with E-state index < -0.39 is 71.4 Å². The number of aromatic nitrogens is 4. The summed E-state index contributed by atoms with van der Waals surface area (Å²) < 4.78 is 32.9. The monoisotopic (exact) mass is 1260 g/mol. The van der Waals surface area contributed by atoms with Crippen LogP contribution in [0.1, 0.15) is 78.0 Å². The van der Waals surface area contributed by atoms with Gasteiger partial charge in [-0.25, -0.2) is 28.7 Å². The number of carboxylic acid groups (broad SMARTS) is 1. The molecule has 1 aliphatic heterocycles. The second-order valence-corrected chi connectivity index (χ2v) is 22.5. The maximum Gasteiger partial charge on any atom is 0.410 e. The lowest BCUT2D eigenvalue weighted by Gasteiger charge is -2.25. The molecule has 0 unspecified atom stereocenters. The van der Waals surface area contributed by atoms with Crippen LogP contribution < -0.4 is 42.0 Å². The highest BCUT2D eigenvalue weighted by molar-refractivity contribution is 7.22. The van der Waals surface area contributed by atoms with E-state index in [1.807, 2.05) is 31.2 Å². The number of carbonyl (C=O) groups is 8. The number of benzene rings is 3. The molecule has 7 rings (SSSR count).